The second-order valence-electron chi connectivity index (χ2n) is 6.49. The van der Waals surface area contributed by atoms with E-state index < -0.39 is 6.03 Å². The zero-order chi connectivity index (χ0) is 19.9. The third-order valence-corrected chi connectivity index (χ3v) is 5.61. The van der Waals surface area contributed by atoms with Crippen molar-refractivity contribution >= 4 is 34.6 Å². The summed E-state index contributed by atoms with van der Waals surface area (Å²) in [6, 6.07) is 6.82. The second-order valence-corrected chi connectivity index (χ2v) is 7.35. The molecule has 0 spiro atoms. The lowest BCUT2D eigenvalue weighted by Gasteiger charge is -2.37. The molecule has 144 valence electrons. The van der Waals surface area contributed by atoms with E-state index >= 15 is 0 Å². The van der Waals surface area contributed by atoms with E-state index in [0.29, 0.717) is 16.5 Å². The van der Waals surface area contributed by atoms with E-state index in [-0.39, 0.29) is 18.6 Å². The molecule has 8 heteroatoms. The molecule has 0 saturated carbocycles. The van der Waals surface area contributed by atoms with Crippen LogP contribution in [0, 0.1) is 24.8 Å². The van der Waals surface area contributed by atoms with Gasteiger partial charge in [-0.2, -0.15) is 0 Å². The maximum atomic E-state index is 12.2. The highest BCUT2D eigenvalue weighted by Gasteiger charge is 2.28. The Morgan fingerprint density at radius 2 is 2.21 bits per heavy atom. The van der Waals surface area contributed by atoms with Crippen molar-refractivity contribution in [1.29, 1.82) is 0 Å². The average Bonchev–Trinajstić information content (AvgIpc) is 3.19. The van der Waals surface area contributed by atoms with Crippen LogP contribution in [0.25, 0.3) is 4.85 Å². The summed E-state index contributed by atoms with van der Waals surface area (Å²) < 4.78 is 0. The van der Waals surface area contributed by atoms with Crippen LogP contribution in [0.4, 0.5) is 22.0 Å². The smallest absolute Gasteiger partial charge is 0.320 e. The number of nitrogens with one attached hydrogen (secondary N) is 2. The van der Waals surface area contributed by atoms with E-state index in [0.717, 1.165) is 31.6 Å². The number of aromatic nitrogens is 1. The number of para-hydroxylation sites is 2. The normalized spacial score (nSPS) is 15.3. The lowest BCUT2D eigenvalue weighted by atomic mass is 9.89. The number of rotatable bonds is 5. The van der Waals surface area contributed by atoms with Crippen LogP contribution in [-0.2, 0) is 0 Å². The van der Waals surface area contributed by atoms with Crippen LogP contribution in [0.1, 0.15) is 17.8 Å². The number of urea groups is 1. The fraction of sp³-hybridized carbons (Fsp3) is 0.350. The zero-order valence-corrected chi connectivity index (χ0v) is 16.1. The van der Waals surface area contributed by atoms with Gasteiger partial charge in [-0.3, -0.25) is 5.32 Å². The van der Waals surface area contributed by atoms with Gasteiger partial charge < -0.3 is 15.3 Å². The van der Waals surface area contributed by atoms with Gasteiger partial charge in [-0.1, -0.05) is 18.2 Å². The van der Waals surface area contributed by atoms with Gasteiger partial charge in [0.05, 0.1) is 19.2 Å². The summed E-state index contributed by atoms with van der Waals surface area (Å²) in [5.41, 5.74) is 1.59. The number of terminal acetylenes is 1. The van der Waals surface area contributed by atoms with Gasteiger partial charge in [0, 0.05) is 24.2 Å². The first kappa shape index (κ1) is 19.7. The van der Waals surface area contributed by atoms with Crippen LogP contribution in [0.2, 0.25) is 0 Å². The molecular weight excluding hydrogens is 374 g/mol. The largest absolute Gasteiger partial charge is 0.394 e. The van der Waals surface area contributed by atoms with Crippen molar-refractivity contribution < 1.29 is 9.90 Å². The van der Waals surface area contributed by atoms with Gasteiger partial charge in [-0.25, -0.2) is 14.6 Å². The van der Waals surface area contributed by atoms with Crippen LogP contribution in [0.3, 0.4) is 0 Å². The van der Waals surface area contributed by atoms with Crippen LogP contribution < -0.4 is 15.5 Å². The fourth-order valence-electron chi connectivity index (χ4n) is 3.40. The van der Waals surface area contributed by atoms with Crippen molar-refractivity contribution in [2.45, 2.75) is 18.9 Å². The van der Waals surface area contributed by atoms with Crippen LogP contribution in [0.5, 0.6) is 0 Å². The molecule has 7 nitrogen and oxygen atoms in total. The molecule has 2 aromatic rings. The summed E-state index contributed by atoms with van der Waals surface area (Å²) in [4.78, 5) is 22.1. The Bertz CT molecular complexity index is 906. The Kier molecular flexibility index (Phi) is 6.49. The standard InChI is InChI=1S/C20H21N5O2S/c1-3-19-23-18(13-28-19)24-20(27)22-16(12-26)14-8-10-25(11-9-14)17-7-5-4-6-15(17)21-2/h1,4-7,13-14,16,26H,8-12H2,(H2,22,24,27)/t16-/m0/s1. The van der Waals surface area contributed by atoms with Gasteiger partial charge in [0.2, 0.25) is 5.69 Å². The predicted molar refractivity (Wildman–Crippen MR) is 111 cm³/mol. The molecule has 3 rings (SSSR count). The minimum absolute atomic E-state index is 0.136. The lowest BCUT2D eigenvalue weighted by Crippen LogP contribution is -2.48. The molecule has 2 amide bonds. The molecular formula is C20H21N5O2S. The molecule has 0 bridgehead atoms. The van der Waals surface area contributed by atoms with Gasteiger partial charge in [-0.05, 0) is 30.7 Å². The fourth-order valence-corrected chi connectivity index (χ4v) is 3.95. The van der Waals surface area contributed by atoms with Crippen molar-refractivity contribution in [3.63, 3.8) is 0 Å². The van der Waals surface area contributed by atoms with E-state index in [1.165, 1.54) is 11.3 Å². The highest BCUT2D eigenvalue weighted by molar-refractivity contribution is 7.10. The number of amides is 2. The van der Waals surface area contributed by atoms with Crippen molar-refractivity contribution in [3.05, 3.63) is 46.1 Å². The van der Waals surface area contributed by atoms with Gasteiger partial charge in [0.25, 0.3) is 0 Å². The van der Waals surface area contributed by atoms with E-state index in [1.54, 1.807) is 5.38 Å². The number of piperidine rings is 1. The van der Waals surface area contributed by atoms with Crippen molar-refractivity contribution in [3.8, 4) is 12.3 Å². The predicted octanol–water partition coefficient (Wildman–Crippen LogP) is 3.07. The number of hydrogen-bond acceptors (Lipinski definition) is 5. The molecule has 1 aliphatic heterocycles. The highest BCUT2D eigenvalue weighted by atomic mass is 32.1. The van der Waals surface area contributed by atoms with Crippen molar-refractivity contribution in [1.82, 2.24) is 10.3 Å². The first-order chi connectivity index (χ1) is 13.6. The minimum atomic E-state index is -0.409. The number of aliphatic hydroxyl groups excluding tert-OH is 1. The highest BCUT2D eigenvalue weighted by Crippen LogP contribution is 2.32. The van der Waals surface area contributed by atoms with Crippen LogP contribution in [-0.4, -0.2) is 41.9 Å². The Balaban J connectivity index is 1.55. The topological polar surface area (TPSA) is 81.8 Å². The number of anilines is 2. The van der Waals surface area contributed by atoms with Gasteiger partial charge in [-0.15, -0.1) is 17.8 Å². The number of hydrogen-bond donors (Lipinski definition) is 3. The molecule has 28 heavy (non-hydrogen) atoms. The number of aliphatic hydroxyl groups is 1. The monoisotopic (exact) mass is 395 g/mol. The Morgan fingerprint density at radius 3 is 2.86 bits per heavy atom. The molecule has 1 aromatic heterocycles. The zero-order valence-electron chi connectivity index (χ0n) is 15.3. The Labute approximate surface area is 168 Å². The van der Waals surface area contributed by atoms with E-state index in [9.17, 15) is 9.90 Å². The van der Waals surface area contributed by atoms with E-state index in [1.807, 2.05) is 24.3 Å². The third-order valence-electron chi connectivity index (χ3n) is 4.83. The first-order valence-corrected chi connectivity index (χ1v) is 9.84. The molecule has 2 heterocycles. The van der Waals surface area contributed by atoms with Crippen LogP contribution >= 0.6 is 11.3 Å². The maximum Gasteiger partial charge on any atom is 0.320 e. The summed E-state index contributed by atoms with van der Waals surface area (Å²) in [6.07, 6.45) is 6.91. The summed E-state index contributed by atoms with van der Waals surface area (Å²) >= 11 is 1.28. The summed E-state index contributed by atoms with van der Waals surface area (Å²) in [7, 11) is 0. The molecule has 1 aliphatic rings. The van der Waals surface area contributed by atoms with Crippen molar-refractivity contribution in [2.24, 2.45) is 5.92 Å². The van der Waals surface area contributed by atoms with E-state index in [2.05, 4.69) is 31.3 Å². The molecule has 0 radical (unpaired) electrons. The Morgan fingerprint density at radius 1 is 1.46 bits per heavy atom. The SMILES string of the molecule is [C-]#[N+]c1ccccc1N1CCC([C@H](CO)NC(=O)Nc2csc(C#C)n2)CC1. The first-order valence-electron chi connectivity index (χ1n) is 8.96. The summed E-state index contributed by atoms with van der Waals surface area (Å²) in [6.45, 7) is 8.73. The summed E-state index contributed by atoms with van der Waals surface area (Å²) in [5.74, 6) is 2.98. The van der Waals surface area contributed by atoms with Crippen molar-refractivity contribution in [2.75, 3.05) is 29.9 Å². The molecule has 1 aromatic carbocycles. The van der Waals surface area contributed by atoms with E-state index in [4.69, 9.17) is 13.0 Å². The van der Waals surface area contributed by atoms with Crippen LogP contribution in [0.15, 0.2) is 29.6 Å². The number of carbonyl (C=O) groups excluding carboxylic acids is 1. The quantitative estimate of drug-likeness (QED) is 0.537. The van der Waals surface area contributed by atoms with Gasteiger partial charge in [0.15, 0.2) is 5.01 Å². The van der Waals surface area contributed by atoms with Gasteiger partial charge in [0.1, 0.15) is 5.82 Å². The number of benzene rings is 1. The summed E-state index contributed by atoms with van der Waals surface area (Å²) in [5, 5.41) is 17.4. The Hall–Kier alpha value is -3.07. The molecule has 3 N–H and O–H groups in total. The minimum Gasteiger partial charge on any atom is -0.394 e. The number of nitrogens with zero attached hydrogens (tertiary/aromatic N) is 3. The molecule has 0 unspecified atom stereocenters. The molecule has 1 fully saturated rings. The number of thiazole rings is 1. The molecule has 1 saturated heterocycles. The lowest BCUT2D eigenvalue weighted by molar-refractivity contribution is 0.181. The third kappa shape index (κ3) is 4.61. The second kappa shape index (κ2) is 9.23. The van der Waals surface area contributed by atoms with Gasteiger partial charge >= 0.3 is 6.03 Å². The molecule has 1 atom stereocenters. The molecule has 0 aliphatic carbocycles. The maximum absolute atomic E-state index is 12.2. The number of carbonyl (C=O) groups is 1. The average molecular weight is 395 g/mol.